The van der Waals surface area contributed by atoms with Gasteiger partial charge in [0.05, 0.1) is 37.2 Å². The van der Waals surface area contributed by atoms with Gasteiger partial charge in [-0.1, -0.05) is 11.8 Å². The second-order valence-corrected chi connectivity index (χ2v) is 9.93. The topological polar surface area (TPSA) is 73.7 Å². The molecule has 0 N–H and O–H groups in total. The number of fused-ring (bicyclic) bond motifs is 3. The van der Waals surface area contributed by atoms with E-state index in [9.17, 15) is 9.59 Å². The smallest absolute Gasteiger partial charge is 0.267 e. The number of aromatic nitrogens is 2. The van der Waals surface area contributed by atoms with Crippen LogP contribution in [0.1, 0.15) is 23.3 Å². The first-order valence-electron chi connectivity index (χ1n) is 10.9. The third kappa shape index (κ3) is 4.04. The van der Waals surface area contributed by atoms with E-state index >= 15 is 0 Å². The van der Waals surface area contributed by atoms with Crippen molar-refractivity contribution in [3.05, 3.63) is 45.1 Å². The molecule has 1 saturated heterocycles. The van der Waals surface area contributed by atoms with E-state index in [1.807, 2.05) is 29.2 Å². The van der Waals surface area contributed by atoms with Crippen LogP contribution in [0.25, 0.3) is 15.9 Å². The molecule has 1 aromatic carbocycles. The molecule has 7 nitrogen and oxygen atoms in total. The van der Waals surface area contributed by atoms with E-state index in [1.54, 1.807) is 23.0 Å². The van der Waals surface area contributed by atoms with Crippen molar-refractivity contribution >= 4 is 39.2 Å². The van der Waals surface area contributed by atoms with Gasteiger partial charge in [-0.3, -0.25) is 14.2 Å². The molecule has 2 aliphatic rings. The molecule has 0 saturated carbocycles. The molecule has 1 amide bonds. The van der Waals surface area contributed by atoms with Crippen LogP contribution in [0.4, 0.5) is 0 Å². The van der Waals surface area contributed by atoms with Gasteiger partial charge in [0, 0.05) is 18.0 Å². The molecule has 0 spiro atoms. The molecule has 1 fully saturated rings. The lowest BCUT2D eigenvalue weighted by molar-refractivity contribution is -0.132. The van der Waals surface area contributed by atoms with Crippen molar-refractivity contribution < 1.29 is 14.3 Å². The van der Waals surface area contributed by atoms with E-state index in [1.165, 1.54) is 16.6 Å². The van der Waals surface area contributed by atoms with Crippen molar-refractivity contribution in [1.29, 1.82) is 0 Å². The van der Waals surface area contributed by atoms with Crippen molar-refractivity contribution in [2.45, 2.75) is 30.8 Å². The van der Waals surface area contributed by atoms with Gasteiger partial charge in [-0.2, -0.15) is 0 Å². The highest BCUT2D eigenvalue weighted by Crippen LogP contribution is 2.35. The van der Waals surface area contributed by atoms with E-state index in [0.29, 0.717) is 31.5 Å². The zero-order valence-electron chi connectivity index (χ0n) is 18.0. The molecule has 1 aliphatic carbocycles. The summed E-state index contributed by atoms with van der Waals surface area (Å²) < 4.78 is 12.3. The number of carbonyl (C=O) groups is 1. The van der Waals surface area contributed by atoms with Gasteiger partial charge < -0.3 is 14.4 Å². The summed E-state index contributed by atoms with van der Waals surface area (Å²) >= 11 is 2.95. The maximum atomic E-state index is 13.8. The van der Waals surface area contributed by atoms with Gasteiger partial charge in [0.1, 0.15) is 10.6 Å². The fourth-order valence-corrected chi connectivity index (χ4v) is 6.49. The lowest BCUT2D eigenvalue weighted by atomic mass is 9.97. The first kappa shape index (κ1) is 21.5. The minimum absolute atomic E-state index is 0.0411. The number of benzene rings is 1. The summed E-state index contributed by atoms with van der Waals surface area (Å²) in [4.78, 5) is 35.3. The molecule has 168 valence electrons. The molecule has 3 aromatic rings. The molecule has 0 radical (unpaired) electrons. The fraction of sp³-hybridized carbons (Fsp3) is 0.435. The number of hydrogen-bond acceptors (Lipinski definition) is 7. The van der Waals surface area contributed by atoms with Crippen molar-refractivity contribution in [3.63, 3.8) is 0 Å². The van der Waals surface area contributed by atoms with Crippen LogP contribution < -0.4 is 10.3 Å². The summed E-state index contributed by atoms with van der Waals surface area (Å²) in [5.41, 5.74) is 1.83. The molecule has 32 heavy (non-hydrogen) atoms. The normalized spacial score (nSPS) is 16.2. The summed E-state index contributed by atoms with van der Waals surface area (Å²) in [6, 6.07) is 7.39. The Morgan fingerprint density at radius 1 is 1.19 bits per heavy atom. The molecule has 3 heterocycles. The Morgan fingerprint density at radius 2 is 1.94 bits per heavy atom. The Balaban J connectivity index is 1.56. The Labute approximate surface area is 194 Å². The van der Waals surface area contributed by atoms with E-state index in [4.69, 9.17) is 14.5 Å². The van der Waals surface area contributed by atoms with Gasteiger partial charge in [-0.15, -0.1) is 11.3 Å². The molecule has 2 aromatic heterocycles. The third-order valence-corrected chi connectivity index (χ3v) is 8.09. The largest absolute Gasteiger partial charge is 0.497 e. The molecule has 1 aliphatic heterocycles. The zero-order valence-corrected chi connectivity index (χ0v) is 19.6. The number of aryl methyl sites for hydroxylation is 2. The number of thioether (sulfide) groups is 1. The van der Waals surface area contributed by atoms with Gasteiger partial charge in [0.25, 0.3) is 5.56 Å². The highest BCUT2D eigenvalue weighted by Gasteiger charge is 2.24. The molecular formula is C23H25N3O4S2. The average Bonchev–Trinajstić information content (AvgIpc) is 3.22. The van der Waals surface area contributed by atoms with E-state index in [-0.39, 0.29) is 17.2 Å². The Morgan fingerprint density at radius 3 is 2.69 bits per heavy atom. The van der Waals surface area contributed by atoms with Crippen LogP contribution in [0.2, 0.25) is 0 Å². The monoisotopic (exact) mass is 471 g/mol. The maximum absolute atomic E-state index is 13.8. The Bertz CT molecular complexity index is 1200. The highest BCUT2D eigenvalue weighted by molar-refractivity contribution is 7.99. The van der Waals surface area contributed by atoms with Crippen molar-refractivity contribution in [1.82, 2.24) is 14.5 Å². The fourth-order valence-electron chi connectivity index (χ4n) is 4.27. The molecule has 0 unspecified atom stereocenters. The predicted octanol–water partition coefficient (Wildman–Crippen LogP) is 3.29. The van der Waals surface area contributed by atoms with Crippen LogP contribution in [-0.4, -0.2) is 59.5 Å². The second-order valence-electron chi connectivity index (χ2n) is 7.91. The zero-order chi connectivity index (χ0) is 22.1. The number of amides is 1. The first-order valence-corrected chi connectivity index (χ1v) is 12.7. The van der Waals surface area contributed by atoms with Crippen molar-refractivity contribution in [2.75, 3.05) is 39.2 Å². The summed E-state index contributed by atoms with van der Waals surface area (Å²) in [5.74, 6) is 0.999. The quantitative estimate of drug-likeness (QED) is 0.420. The second kappa shape index (κ2) is 9.25. The SMILES string of the molecule is COc1ccc(-n2c(SCC(=O)N3CCOCC3)nc3sc4c(c3c2=O)CCCC4)cc1. The summed E-state index contributed by atoms with van der Waals surface area (Å²) in [7, 11) is 1.62. The predicted molar refractivity (Wildman–Crippen MR) is 127 cm³/mol. The van der Waals surface area contributed by atoms with Gasteiger partial charge in [-0.25, -0.2) is 4.98 Å². The number of carbonyl (C=O) groups excluding carboxylic acids is 1. The maximum Gasteiger partial charge on any atom is 0.267 e. The standard InChI is InChI=1S/C23H25N3O4S2/c1-29-16-8-6-15(7-9-16)26-22(28)20-17-4-2-3-5-18(17)32-21(20)24-23(26)31-14-19(27)25-10-12-30-13-11-25/h6-9H,2-5,10-14H2,1H3. The van der Waals surface area contributed by atoms with Crippen LogP contribution in [0.5, 0.6) is 5.75 Å². The number of morpholine rings is 1. The number of nitrogens with zero attached hydrogens (tertiary/aromatic N) is 3. The summed E-state index contributed by atoms with van der Waals surface area (Å²) in [6.07, 6.45) is 4.20. The van der Waals surface area contributed by atoms with Gasteiger partial charge >= 0.3 is 0 Å². The highest BCUT2D eigenvalue weighted by atomic mass is 32.2. The summed E-state index contributed by atoms with van der Waals surface area (Å²) in [5, 5.41) is 1.29. The number of thiophene rings is 1. The van der Waals surface area contributed by atoms with E-state index in [2.05, 4.69) is 0 Å². The van der Waals surface area contributed by atoms with E-state index in [0.717, 1.165) is 52.9 Å². The van der Waals surface area contributed by atoms with E-state index < -0.39 is 0 Å². The summed E-state index contributed by atoms with van der Waals surface area (Å²) in [6.45, 7) is 2.35. The number of hydrogen-bond donors (Lipinski definition) is 0. The Hall–Kier alpha value is -2.36. The van der Waals surface area contributed by atoms with Gasteiger partial charge in [-0.05, 0) is 55.5 Å². The molecule has 9 heteroatoms. The Kier molecular flexibility index (Phi) is 6.21. The van der Waals surface area contributed by atoms with Gasteiger partial charge in [0.15, 0.2) is 5.16 Å². The van der Waals surface area contributed by atoms with Gasteiger partial charge in [0.2, 0.25) is 5.91 Å². The van der Waals surface area contributed by atoms with Crippen LogP contribution in [-0.2, 0) is 22.4 Å². The van der Waals surface area contributed by atoms with Crippen LogP contribution in [0.15, 0.2) is 34.2 Å². The lowest BCUT2D eigenvalue weighted by Gasteiger charge is -2.26. The van der Waals surface area contributed by atoms with Crippen LogP contribution >= 0.6 is 23.1 Å². The molecule has 0 bridgehead atoms. The molecular weight excluding hydrogens is 446 g/mol. The minimum Gasteiger partial charge on any atom is -0.497 e. The first-order chi connectivity index (χ1) is 15.7. The number of methoxy groups -OCH3 is 1. The minimum atomic E-state index is -0.0547. The molecule has 5 rings (SSSR count). The molecule has 0 atom stereocenters. The number of rotatable bonds is 5. The van der Waals surface area contributed by atoms with Crippen LogP contribution in [0.3, 0.4) is 0 Å². The average molecular weight is 472 g/mol. The number of ether oxygens (including phenoxy) is 2. The van der Waals surface area contributed by atoms with Crippen molar-refractivity contribution in [2.24, 2.45) is 0 Å². The van der Waals surface area contributed by atoms with Crippen molar-refractivity contribution in [3.8, 4) is 11.4 Å². The third-order valence-electron chi connectivity index (χ3n) is 5.98. The van der Waals surface area contributed by atoms with Crippen LogP contribution in [0, 0.1) is 0 Å². The lowest BCUT2D eigenvalue weighted by Crippen LogP contribution is -2.41.